The minimum atomic E-state index is -0.104. The van der Waals surface area contributed by atoms with Gasteiger partial charge in [0.2, 0.25) is 5.91 Å². The van der Waals surface area contributed by atoms with Crippen LogP contribution in [0.15, 0.2) is 73.1 Å². The van der Waals surface area contributed by atoms with Gasteiger partial charge in [-0.3, -0.25) is 9.78 Å². The van der Waals surface area contributed by atoms with Crippen molar-refractivity contribution in [1.82, 2.24) is 10.3 Å². The van der Waals surface area contributed by atoms with Gasteiger partial charge in [0, 0.05) is 30.8 Å². The van der Waals surface area contributed by atoms with Gasteiger partial charge >= 0.3 is 0 Å². The molecule has 0 unspecified atom stereocenters. The molecule has 1 aromatic heterocycles. The monoisotopic (exact) mass is 458 g/mol. The number of benzene rings is 2. The average molecular weight is 459 g/mol. The summed E-state index contributed by atoms with van der Waals surface area (Å²) in [6.45, 7) is 0.723. The minimum absolute atomic E-state index is 0.104. The van der Waals surface area contributed by atoms with Crippen LogP contribution in [0.4, 0.5) is 0 Å². The third kappa shape index (κ3) is 5.58. The molecule has 0 saturated heterocycles. The first-order chi connectivity index (χ1) is 16.7. The molecule has 2 aromatic carbocycles. The molecule has 1 aliphatic carbocycles. The van der Waals surface area contributed by atoms with Gasteiger partial charge in [0.15, 0.2) is 0 Å². The van der Waals surface area contributed by atoms with Gasteiger partial charge in [0.05, 0.1) is 14.2 Å². The number of amides is 1. The standard InChI is InChI=1S/C29H34N2O3/c1-33-26-12-5-10-23(18-26)29(24-11-6-13-27(19-24)34-2)20-25(29)14-15-28(32)31-17-4-3-8-22-9-7-16-30-21-22/h5-7,9-13,16,18-19,21,25H,3-4,8,14-15,17,20H2,1-2H3,(H,31,32)/t25-/m0/s1. The lowest BCUT2D eigenvalue weighted by molar-refractivity contribution is -0.121. The van der Waals surface area contributed by atoms with Gasteiger partial charge in [-0.25, -0.2) is 0 Å². The highest BCUT2D eigenvalue weighted by molar-refractivity contribution is 5.76. The Morgan fingerprint density at radius 3 is 2.32 bits per heavy atom. The SMILES string of the molecule is COc1cccc(C2(c3cccc(OC)c3)C[C@@H]2CCC(=O)NCCCCc2cccnc2)c1. The van der Waals surface area contributed by atoms with E-state index in [-0.39, 0.29) is 11.3 Å². The zero-order valence-electron chi connectivity index (χ0n) is 20.1. The van der Waals surface area contributed by atoms with Crippen molar-refractivity contribution in [2.45, 2.75) is 43.9 Å². The number of aryl methyl sites for hydroxylation is 1. The molecule has 0 spiro atoms. The number of unbranched alkanes of at least 4 members (excludes halogenated alkanes) is 1. The zero-order valence-corrected chi connectivity index (χ0v) is 20.1. The third-order valence-corrected chi connectivity index (χ3v) is 6.93. The molecule has 4 rings (SSSR count). The fourth-order valence-corrected chi connectivity index (χ4v) is 4.97. The molecular formula is C29H34N2O3. The molecule has 1 atom stereocenters. The molecule has 34 heavy (non-hydrogen) atoms. The largest absolute Gasteiger partial charge is 0.497 e. The fourth-order valence-electron chi connectivity index (χ4n) is 4.97. The topological polar surface area (TPSA) is 60.5 Å². The van der Waals surface area contributed by atoms with Gasteiger partial charge in [0.1, 0.15) is 11.5 Å². The van der Waals surface area contributed by atoms with E-state index >= 15 is 0 Å². The van der Waals surface area contributed by atoms with E-state index in [1.54, 1.807) is 20.4 Å². The maximum absolute atomic E-state index is 12.5. The number of hydrogen-bond donors (Lipinski definition) is 1. The van der Waals surface area contributed by atoms with E-state index in [9.17, 15) is 4.79 Å². The number of aromatic nitrogens is 1. The number of carbonyl (C=O) groups excluding carboxylic acids is 1. The van der Waals surface area contributed by atoms with Crippen molar-refractivity contribution in [2.24, 2.45) is 5.92 Å². The lowest BCUT2D eigenvalue weighted by Gasteiger charge is -2.20. The van der Waals surface area contributed by atoms with Crippen molar-refractivity contribution in [3.63, 3.8) is 0 Å². The first kappa shape index (κ1) is 23.8. The lowest BCUT2D eigenvalue weighted by atomic mass is 9.84. The number of rotatable bonds is 12. The van der Waals surface area contributed by atoms with Gasteiger partial charge in [-0.15, -0.1) is 0 Å². The summed E-state index contributed by atoms with van der Waals surface area (Å²) in [5.41, 5.74) is 3.61. The van der Waals surface area contributed by atoms with Gasteiger partial charge < -0.3 is 14.8 Å². The van der Waals surface area contributed by atoms with Crippen molar-refractivity contribution in [3.05, 3.63) is 89.7 Å². The van der Waals surface area contributed by atoms with Crippen molar-refractivity contribution in [1.29, 1.82) is 0 Å². The Labute approximate surface area is 202 Å². The number of pyridine rings is 1. The summed E-state index contributed by atoms with van der Waals surface area (Å²) in [7, 11) is 3.39. The first-order valence-corrected chi connectivity index (χ1v) is 12.1. The van der Waals surface area contributed by atoms with Crippen molar-refractivity contribution >= 4 is 5.91 Å². The summed E-state index contributed by atoms with van der Waals surface area (Å²) in [5, 5.41) is 3.10. The van der Waals surface area contributed by atoms with Crippen LogP contribution in [0, 0.1) is 5.92 Å². The van der Waals surface area contributed by atoms with E-state index in [1.165, 1.54) is 16.7 Å². The Morgan fingerprint density at radius 1 is 1.00 bits per heavy atom. The maximum atomic E-state index is 12.5. The molecule has 1 heterocycles. The second-order valence-electron chi connectivity index (χ2n) is 9.04. The molecule has 1 saturated carbocycles. The third-order valence-electron chi connectivity index (χ3n) is 6.93. The molecule has 0 aliphatic heterocycles. The second kappa shape index (κ2) is 11.2. The maximum Gasteiger partial charge on any atom is 0.220 e. The van der Waals surface area contributed by atoms with Crippen LogP contribution < -0.4 is 14.8 Å². The van der Waals surface area contributed by atoms with E-state index < -0.39 is 0 Å². The summed E-state index contributed by atoms with van der Waals surface area (Å²) in [5.74, 6) is 2.26. The quantitative estimate of drug-likeness (QED) is 0.373. The second-order valence-corrected chi connectivity index (χ2v) is 9.04. The summed E-state index contributed by atoms with van der Waals surface area (Å²) >= 11 is 0. The smallest absolute Gasteiger partial charge is 0.220 e. The number of hydrogen-bond acceptors (Lipinski definition) is 4. The van der Waals surface area contributed by atoms with Crippen LogP contribution in [0.2, 0.25) is 0 Å². The molecule has 178 valence electrons. The van der Waals surface area contributed by atoms with Gasteiger partial charge in [0.25, 0.3) is 0 Å². The van der Waals surface area contributed by atoms with E-state index in [4.69, 9.17) is 9.47 Å². The normalized spacial score (nSPS) is 16.0. The number of nitrogens with zero attached hydrogens (tertiary/aromatic N) is 1. The molecule has 5 heteroatoms. The van der Waals surface area contributed by atoms with E-state index in [0.29, 0.717) is 12.3 Å². The molecule has 1 fully saturated rings. The summed E-state index contributed by atoms with van der Waals surface area (Å²) in [4.78, 5) is 16.7. The highest BCUT2D eigenvalue weighted by Gasteiger charge is 2.56. The van der Waals surface area contributed by atoms with Gasteiger partial charge in [-0.05, 0) is 85.0 Å². The Kier molecular flexibility index (Phi) is 7.84. The average Bonchev–Trinajstić information content (AvgIpc) is 3.63. The van der Waals surface area contributed by atoms with Crippen LogP contribution in [-0.2, 0) is 16.6 Å². The Morgan fingerprint density at radius 2 is 1.71 bits per heavy atom. The van der Waals surface area contributed by atoms with E-state index in [0.717, 1.165) is 50.1 Å². The van der Waals surface area contributed by atoms with Crippen LogP contribution in [0.5, 0.6) is 11.5 Å². The molecular weight excluding hydrogens is 424 g/mol. The summed E-state index contributed by atoms with van der Waals surface area (Å²) in [6, 6.07) is 20.7. The predicted molar refractivity (Wildman–Crippen MR) is 134 cm³/mol. The van der Waals surface area contributed by atoms with E-state index in [1.807, 2.05) is 36.5 Å². The van der Waals surface area contributed by atoms with Crippen molar-refractivity contribution < 1.29 is 14.3 Å². The number of methoxy groups -OCH3 is 2. The highest BCUT2D eigenvalue weighted by Crippen LogP contribution is 2.61. The van der Waals surface area contributed by atoms with Crippen molar-refractivity contribution in [2.75, 3.05) is 20.8 Å². The molecule has 1 N–H and O–H groups in total. The van der Waals surface area contributed by atoms with Crippen LogP contribution in [0.25, 0.3) is 0 Å². The first-order valence-electron chi connectivity index (χ1n) is 12.1. The lowest BCUT2D eigenvalue weighted by Crippen LogP contribution is -2.24. The van der Waals surface area contributed by atoms with Crippen LogP contribution in [-0.4, -0.2) is 31.7 Å². The molecule has 0 bridgehead atoms. The predicted octanol–water partition coefficient (Wildman–Crippen LogP) is 5.32. The molecule has 0 radical (unpaired) electrons. The van der Waals surface area contributed by atoms with Gasteiger partial charge in [-0.2, -0.15) is 0 Å². The zero-order chi connectivity index (χ0) is 23.8. The molecule has 5 nitrogen and oxygen atoms in total. The Bertz CT molecular complexity index is 1040. The molecule has 3 aromatic rings. The van der Waals surface area contributed by atoms with Crippen LogP contribution in [0.3, 0.4) is 0 Å². The minimum Gasteiger partial charge on any atom is -0.497 e. The number of nitrogens with one attached hydrogen (secondary N) is 1. The Hall–Kier alpha value is -3.34. The fraction of sp³-hybridized carbons (Fsp3) is 0.379. The van der Waals surface area contributed by atoms with Crippen molar-refractivity contribution in [3.8, 4) is 11.5 Å². The molecule has 1 amide bonds. The van der Waals surface area contributed by atoms with Gasteiger partial charge in [-0.1, -0.05) is 30.3 Å². The number of carbonyl (C=O) groups is 1. The summed E-state index contributed by atoms with van der Waals surface area (Å²) < 4.78 is 11.0. The van der Waals surface area contributed by atoms with Crippen LogP contribution in [0.1, 0.15) is 48.8 Å². The molecule has 1 aliphatic rings. The number of ether oxygens (including phenoxy) is 2. The van der Waals surface area contributed by atoms with E-state index in [2.05, 4.69) is 40.6 Å². The summed E-state index contributed by atoms with van der Waals surface area (Å²) in [6.07, 6.45) is 9.14. The highest BCUT2D eigenvalue weighted by atomic mass is 16.5. The Balaban J connectivity index is 1.33. The van der Waals surface area contributed by atoms with Crippen LogP contribution >= 0.6 is 0 Å².